The Bertz CT molecular complexity index is 1170. The number of nitrogens with two attached hydrogens (primary N) is 1. The highest BCUT2D eigenvalue weighted by Gasteiger charge is 2.17. The highest BCUT2D eigenvalue weighted by Crippen LogP contribution is 2.28. The molecule has 132 valence electrons. The molecule has 2 N–H and O–H groups in total. The van der Waals surface area contributed by atoms with Crippen LogP contribution in [0.3, 0.4) is 0 Å². The minimum absolute atomic E-state index is 0.163. The number of nitrogens with zero attached hydrogens (tertiary/aromatic N) is 3. The Labute approximate surface area is 161 Å². The summed E-state index contributed by atoms with van der Waals surface area (Å²) in [4.78, 5) is 4.85. The van der Waals surface area contributed by atoms with Crippen LogP contribution >= 0.6 is 27.3 Å². The molecule has 0 aliphatic carbocycles. The molecule has 4 rings (SSSR count). The van der Waals surface area contributed by atoms with Crippen molar-refractivity contribution in [3.8, 4) is 22.8 Å². The van der Waals surface area contributed by atoms with Gasteiger partial charge in [0, 0.05) is 10.0 Å². The van der Waals surface area contributed by atoms with Crippen molar-refractivity contribution < 1.29 is 13.2 Å². The van der Waals surface area contributed by atoms with E-state index in [0.29, 0.717) is 16.4 Å². The number of primary sulfonamides is 1. The molecule has 2 aromatic heterocycles. The van der Waals surface area contributed by atoms with E-state index in [9.17, 15) is 8.42 Å². The number of hydrogen-bond acceptors (Lipinski definition) is 6. The van der Waals surface area contributed by atoms with Crippen molar-refractivity contribution in [2.24, 2.45) is 5.14 Å². The van der Waals surface area contributed by atoms with Crippen LogP contribution in [0, 0.1) is 0 Å². The molecule has 0 aliphatic rings. The van der Waals surface area contributed by atoms with Gasteiger partial charge in [0.2, 0.25) is 9.30 Å². The van der Waals surface area contributed by atoms with E-state index in [1.807, 2.05) is 48.5 Å². The summed E-state index contributed by atoms with van der Waals surface area (Å²) in [6.07, 6.45) is 1.66. The van der Waals surface area contributed by atoms with E-state index < -0.39 is 10.0 Å². The molecule has 0 fully saturated rings. The van der Waals surface area contributed by atoms with Crippen molar-refractivity contribution in [3.63, 3.8) is 0 Å². The molecule has 4 aromatic rings. The van der Waals surface area contributed by atoms with Crippen molar-refractivity contribution in [1.29, 1.82) is 0 Å². The lowest BCUT2D eigenvalue weighted by atomic mass is 10.2. The number of imidazole rings is 1. The second-order valence-electron chi connectivity index (χ2n) is 5.35. The van der Waals surface area contributed by atoms with Gasteiger partial charge in [0.1, 0.15) is 11.5 Å². The van der Waals surface area contributed by atoms with Crippen molar-refractivity contribution in [3.05, 3.63) is 59.2 Å². The molecule has 0 spiro atoms. The third kappa shape index (κ3) is 3.49. The summed E-state index contributed by atoms with van der Waals surface area (Å²) in [5, 5.41) is 9.02. The maximum atomic E-state index is 11.3. The third-order valence-corrected chi connectivity index (χ3v) is 6.18. The maximum Gasteiger partial charge on any atom is 0.267 e. The second kappa shape index (κ2) is 6.47. The van der Waals surface area contributed by atoms with E-state index in [0.717, 1.165) is 27.1 Å². The van der Waals surface area contributed by atoms with Gasteiger partial charge in [0.05, 0.1) is 11.9 Å². The van der Waals surface area contributed by atoms with Crippen LogP contribution in [0.2, 0.25) is 0 Å². The Hall–Kier alpha value is -2.27. The number of ether oxygens (including phenoxy) is 1. The van der Waals surface area contributed by atoms with Gasteiger partial charge in [-0.15, -0.1) is 5.10 Å². The normalized spacial score (nSPS) is 11.8. The number of sulfonamides is 1. The van der Waals surface area contributed by atoms with Gasteiger partial charge in [-0.3, -0.25) is 0 Å². The first-order valence-electron chi connectivity index (χ1n) is 7.31. The Morgan fingerprint density at radius 2 is 1.88 bits per heavy atom. The van der Waals surface area contributed by atoms with Crippen molar-refractivity contribution in [2.75, 3.05) is 0 Å². The smallest absolute Gasteiger partial charge is 0.267 e. The molecule has 0 bridgehead atoms. The molecular formula is C16H11BrN4O3S2. The summed E-state index contributed by atoms with van der Waals surface area (Å²) in [5.41, 5.74) is 1.54. The number of hydrogen-bond donors (Lipinski definition) is 1. The highest BCUT2D eigenvalue weighted by molar-refractivity contribution is 9.10. The molecule has 0 radical (unpaired) electrons. The van der Waals surface area contributed by atoms with Gasteiger partial charge >= 0.3 is 0 Å². The van der Waals surface area contributed by atoms with E-state index in [1.54, 1.807) is 6.20 Å². The number of rotatable bonds is 4. The predicted molar refractivity (Wildman–Crippen MR) is 102 cm³/mol. The van der Waals surface area contributed by atoms with Crippen LogP contribution in [0.4, 0.5) is 0 Å². The van der Waals surface area contributed by atoms with E-state index >= 15 is 0 Å². The monoisotopic (exact) mass is 450 g/mol. The first kappa shape index (κ1) is 17.2. The Balaban J connectivity index is 1.58. The lowest BCUT2D eigenvalue weighted by Crippen LogP contribution is -2.12. The fourth-order valence-corrected chi connectivity index (χ4v) is 4.18. The predicted octanol–water partition coefficient (Wildman–Crippen LogP) is 3.66. The molecule has 0 amide bonds. The van der Waals surface area contributed by atoms with Gasteiger partial charge in [0.15, 0.2) is 0 Å². The quantitative estimate of drug-likeness (QED) is 0.511. The molecule has 10 heteroatoms. The summed E-state index contributed by atoms with van der Waals surface area (Å²) < 4.78 is 30.7. The molecule has 0 atom stereocenters. The average molecular weight is 451 g/mol. The summed E-state index contributed by atoms with van der Waals surface area (Å²) in [6.45, 7) is 0. The fraction of sp³-hybridized carbons (Fsp3) is 0. The largest absolute Gasteiger partial charge is 0.457 e. The second-order valence-corrected chi connectivity index (χ2v) is 8.96. The summed E-state index contributed by atoms with van der Waals surface area (Å²) in [6, 6.07) is 15.0. The zero-order valence-electron chi connectivity index (χ0n) is 13.0. The Kier molecular flexibility index (Phi) is 4.27. The Morgan fingerprint density at radius 1 is 1.12 bits per heavy atom. The standard InChI is InChI=1S/C16H11BrN4O3S2/c17-11-2-1-3-13(8-11)24-12-6-4-10(5-7-12)14-9-21-15(19-14)25-16(20-21)26(18,22)23/h1-9H,(H2,18,22,23). The molecule has 0 aliphatic heterocycles. The third-order valence-electron chi connectivity index (χ3n) is 3.45. The lowest BCUT2D eigenvalue weighted by molar-refractivity contribution is 0.482. The van der Waals surface area contributed by atoms with Crippen LogP contribution in [-0.4, -0.2) is 23.0 Å². The van der Waals surface area contributed by atoms with E-state index in [2.05, 4.69) is 26.0 Å². The first-order valence-corrected chi connectivity index (χ1v) is 10.5. The van der Waals surface area contributed by atoms with Gasteiger partial charge in [-0.05, 0) is 42.5 Å². The molecule has 0 saturated heterocycles. The number of benzene rings is 2. The van der Waals surface area contributed by atoms with Gasteiger partial charge in [-0.25, -0.2) is 23.1 Å². The van der Waals surface area contributed by atoms with Crippen molar-refractivity contribution in [2.45, 2.75) is 4.34 Å². The minimum Gasteiger partial charge on any atom is -0.457 e. The van der Waals surface area contributed by atoms with E-state index in [4.69, 9.17) is 9.88 Å². The Morgan fingerprint density at radius 3 is 2.54 bits per heavy atom. The van der Waals surface area contributed by atoms with Crippen LogP contribution in [0.15, 0.2) is 63.5 Å². The molecule has 2 aromatic carbocycles. The molecule has 7 nitrogen and oxygen atoms in total. The maximum absolute atomic E-state index is 11.3. The van der Waals surface area contributed by atoms with Crippen molar-refractivity contribution in [1.82, 2.24) is 14.6 Å². The zero-order valence-corrected chi connectivity index (χ0v) is 16.3. The van der Waals surface area contributed by atoms with Crippen LogP contribution < -0.4 is 9.88 Å². The van der Waals surface area contributed by atoms with Gasteiger partial charge in [-0.1, -0.05) is 33.3 Å². The fourth-order valence-electron chi connectivity index (χ4n) is 2.30. The minimum atomic E-state index is -3.82. The van der Waals surface area contributed by atoms with Crippen LogP contribution in [0.25, 0.3) is 16.2 Å². The highest BCUT2D eigenvalue weighted by atomic mass is 79.9. The summed E-state index contributed by atoms with van der Waals surface area (Å²) in [5.74, 6) is 1.43. The molecule has 0 saturated carbocycles. The molecule has 26 heavy (non-hydrogen) atoms. The van der Waals surface area contributed by atoms with Gasteiger partial charge in [-0.2, -0.15) is 0 Å². The zero-order chi connectivity index (χ0) is 18.3. The van der Waals surface area contributed by atoms with Crippen molar-refractivity contribution >= 4 is 42.3 Å². The molecule has 2 heterocycles. The number of aromatic nitrogens is 3. The SMILES string of the molecule is NS(=O)(=O)c1nn2cc(-c3ccc(Oc4cccc(Br)c4)cc3)nc2s1. The van der Waals surface area contributed by atoms with E-state index in [1.165, 1.54) is 4.52 Å². The number of halogens is 1. The van der Waals surface area contributed by atoms with Crippen LogP contribution in [0.1, 0.15) is 0 Å². The molecular weight excluding hydrogens is 440 g/mol. The lowest BCUT2D eigenvalue weighted by Gasteiger charge is -2.06. The van der Waals surface area contributed by atoms with Gasteiger partial charge in [0.25, 0.3) is 10.0 Å². The topological polar surface area (TPSA) is 99.6 Å². The van der Waals surface area contributed by atoms with Crippen LogP contribution in [-0.2, 0) is 10.0 Å². The first-order chi connectivity index (χ1) is 12.4. The summed E-state index contributed by atoms with van der Waals surface area (Å²) in [7, 11) is -3.82. The average Bonchev–Trinajstić information content (AvgIpc) is 3.14. The van der Waals surface area contributed by atoms with Gasteiger partial charge < -0.3 is 4.74 Å². The number of fused-ring (bicyclic) bond motifs is 1. The summed E-state index contributed by atoms with van der Waals surface area (Å²) >= 11 is 4.33. The van der Waals surface area contributed by atoms with E-state index in [-0.39, 0.29) is 4.34 Å². The van der Waals surface area contributed by atoms with Crippen LogP contribution in [0.5, 0.6) is 11.5 Å². The molecule has 0 unspecified atom stereocenters.